The zero-order chi connectivity index (χ0) is 14.0. The molecule has 1 N–H and O–H groups in total. The van der Waals surface area contributed by atoms with Gasteiger partial charge < -0.3 is 9.84 Å². The van der Waals surface area contributed by atoms with E-state index >= 15 is 0 Å². The fraction of sp³-hybridized carbons (Fsp3) is 0.286. The molecule has 2 aromatic rings. The topological polar surface area (TPSA) is 29.5 Å². The molecule has 19 heavy (non-hydrogen) atoms. The van der Waals surface area contributed by atoms with Crippen LogP contribution in [-0.2, 0) is 6.42 Å². The molecule has 1 aromatic carbocycles. The van der Waals surface area contributed by atoms with E-state index in [-0.39, 0.29) is 0 Å². The van der Waals surface area contributed by atoms with Crippen molar-refractivity contribution in [3.8, 4) is 5.75 Å². The molecule has 5 heteroatoms. The Morgan fingerprint density at radius 3 is 2.63 bits per heavy atom. The normalized spacial score (nSPS) is 12.5. The van der Waals surface area contributed by atoms with Crippen LogP contribution >= 0.6 is 43.2 Å². The van der Waals surface area contributed by atoms with Crippen molar-refractivity contribution in [1.29, 1.82) is 0 Å². The molecule has 0 saturated heterocycles. The lowest BCUT2D eigenvalue weighted by Crippen LogP contribution is -2.03. The fourth-order valence-electron chi connectivity index (χ4n) is 1.97. The van der Waals surface area contributed by atoms with Gasteiger partial charge in [0.2, 0.25) is 0 Å². The maximum Gasteiger partial charge on any atom is 0.122 e. The van der Waals surface area contributed by atoms with E-state index in [9.17, 15) is 5.11 Å². The highest BCUT2D eigenvalue weighted by Crippen LogP contribution is 2.37. The van der Waals surface area contributed by atoms with Gasteiger partial charge in [0.1, 0.15) is 5.75 Å². The third kappa shape index (κ3) is 3.60. The molecule has 0 saturated carbocycles. The lowest BCUT2D eigenvalue weighted by molar-refractivity contribution is 0.177. The van der Waals surface area contributed by atoms with Crippen LogP contribution in [-0.4, -0.2) is 12.2 Å². The molecule has 1 unspecified atom stereocenters. The number of thiophene rings is 1. The molecule has 2 nitrogen and oxygen atoms in total. The van der Waals surface area contributed by atoms with Crippen LogP contribution in [0.3, 0.4) is 0 Å². The van der Waals surface area contributed by atoms with Gasteiger partial charge in [-0.1, -0.05) is 17.7 Å². The van der Waals surface area contributed by atoms with Crippen LogP contribution < -0.4 is 4.74 Å². The van der Waals surface area contributed by atoms with Crippen molar-refractivity contribution in [1.82, 2.24) is 0 Å². The quantitative estimate of drug-likeness (QED) is 0.786. The number of aryl methyl sites for hydroxylation is 1. The standard InChI is InChI=1S/C14H14Br2O2S/c1-8-3-4-12(18-2)9(5-8)6-11(17)10-7-13(15)19-14(10)16/h3-5,7,11,17H,6H2,1-2H3. The van der Waals surface area contributed by atoms with Gasteiger partial charge in [0.15, 0.2) is 0 Å². The second-order valence-electron chi connectivity index (χ2n) is 4.31. The number of methoxy groups -OCH3 is 1. The Hall–Kier alpha value is -0.360. The molecule has 1 atom stereocenters. The minimum Gasteiger partial charge on any atom is -0.496 e. The summed E-state index contributed by atoms with van der Waals surface area (Å²) in [5, 5.41) is 10.4. The van der Waals surface area contributed by atoms with E-state index in [4.69, 9.17) is 4.74 Å². The number of benzene rings is 1. The van der Waals surface area contributed by atoms with Gasteiger partial charge in [-0.3, -0.25) is 0 Å². The Morgan fingerprint density at radius 1 is 1.32 bits per heavy atom. The highest BCUT2D eigenvalue weighted by atomic mass is 79.9. The monoisotopic (exact) mass is 404 g/mol. The molecule has 0 bridgehead atoms. The summed E-state index contributed by atoms with van der Waals surface area (Å²) in [6, 6.07) is 7.95. The van der Waals surface area contributed by atoms with Gasteiger partial charge in [0.05, 0.1) is 20.8 Å². The van der Waals surface area contributed by atoms with E-state index in [1.54, 1.807) is 18.4 Å². The first-order valence-electron chi connectivity index (χ1n) is 5.77. The van der Waals surface area contributed by atoms with Crippen molar-refractivity contribution in [3.63, 3.8) is 0 Å². The second kappa shape index (κ2) is 6.39. The average molecular weight is 406 g/mol. The number of aliphatic hydroxyl groups excluding tert-OH is 1. The first-order valence-corrected chi connectivity index (χ1v) is 8.18. The largest absolute Gasteiger partial charge is 0.496 e. The van der Waals surface area contributed by atoms with Crippen LogP contribution in [0.25, 0.3) is 0 Å². The van der Waals surface area contributed by atoms with E-state index in [0.717, 1.165) is 30.0 Å². The Morgan fingerprint density at radius 2 is 2.05 bits per heavy atom. The smallest absolute Gasteiger partial charge is 0.122 e. The third-order valence-electron chi connectivity index (χ3n) is 2.89. The highest BCUT2D eigenvalue weighted by Gasteiger charge is 2.17. The van der Waals surface area contributed by atoms with Gasteiger partial charge in [-0.25, -0.2) is 0 Å². The van der Waals surface area contributed by atoms with Gasteiger partial charge in [0.25, 0.3) is 0 Å². The van der Waals surface area contributed by atoms with Crippen LogP contribution in [0.4, 0.5) is 0 Å². The van der Waals surface area contributed by atoms with Gasteiger partial charge in [-0.15, -0.1) is 11.3 Å². The lowest BCUT2D eigenvalue weighted by atomic mass is 10.0. The molecule has 0 fully saturated rings. The van der Waals surface area contributed by atoms with Crippen LogP contribution in [0.5, 0.6) is 5.75 Å². The Bertz CT molecular complexity index is 581. The molecule has 0 amide bonds. The summed E-state index contributed by atoms with van der Waals surface area (Å²) >= 11 is 8.47. The van der Waals surface area contributed by atoms with Gasteiger partial charge in [0, 0.05) is 12.0 Å². The molecule has 1 heterocycles. The van der Waals surface area contributed by atoms with Gasteiger partial charge in [-0.05, 0) is 56.5 Å². The average Bonchev–Trinajstić information content (AvgIpc) is 2.69. The molecule has 0 aliphatic heterocycles. The SMILES string of the molecule is COc1ccc(C)cc1CC(O)c1cc(Br)sc1Br. The molecule has 2 rings (SSSR count). The zero-order valence-electron chi connectivity index (χ0n) is 10.6. The van der Waals surface area contributed by atoms with Crippen LogP contribution in [0.2, 0.25) is 0 Å². The number of hydrogen-bond donors (Lipinski definition) is 1. The van der Waals surface area contributed by atoms with Crippen molar-refractivity contribution < 1.29 is 9.84 Å². The number of rotatable bonds is 4. The summed E-state index contributed by atoms with van der Waals surface area (Å²) in [5.41, 5.74) is 3.08. The van der Waals surface area contributed by atoms with Gasteiger partial charge in [-0.2, -0.15) is 0 Å². The van der Waals surface area contributed by atoms with E-state index in [1.165, 1.54) is 0 Å². The molecule has 0 radical (unpaired) electrons. The Balaban J connectivity index is 2.25. The van der Waals surface area contributed by atoms with E-state index in [0.29, 0.717) is 6.42 Å². The predicted octanol–water partition coefficient (Wildman–Crippen LogP) is 4.87. The molecule has 0 aliphatic rings. The van der Waals surface area contributed by atoms with Crippen molar-refractivity contribution >= 4 is 43.2 Å². The number of halogens is 2. The van der Waals surface area contributed by atoms with Crippen molar-refractivity contribution in [3.05, 3.63) is 48.5 Å². The molecule has 1 aromatic heterocycles. The second-order valence-corrected chi connectivity index (χ2v) is 8.06. The summed E-state index contributed by atoms with van der Waals surface area (Å²) in [5.74, 6) is 0.815. The Labute approximate surface area is 133 Å². The van der Waals surface area contributed by atoms with Crippen molar-refractivity contribution in [2.45, 2.75) is 19.4 Å². The number of aliphatic hydroxyl groups is 1. The predicted molar refractivity (Wildman–Crippen MR) is 86.1 cm³/mol. The van der Waals surface area contributed by atoms with E-state index < -0.39 is 6.10 Å². The van der Waals surface area contributed by atoms with Crippen molar-refractivity contribution in [2.24, 2.45) is 0 Å². The molecule has 0 spiro atoms. The lowest BCUT2D eigenvalue weighted by Gasteiger charge is -2.14. The van der Waals surface area contributed by atoms with Gasteiger partial charge >= 0.3 is 0 Å². The highest BCUT2D eigenvalue weighted by molar-refractivity contribution is 9.12. The molecular weight excluding hydrogens is 392 g/mol. The molecular formula is C14H14Br2O2S. The minimum absolute atomic E-state index is 0.534. The summed E-state index contributed by atoms with van der Waals surface area (Å²) in [4.78, 5) is 0. The number of ether oxygens (including phenoxy) is 1. The fourth-order valence-corrected chi connectivity index (χ4v) is 4.92. The summed E-state index contributed by atoms with van der Waals surface area (Å²) in [6.45, 7) is 2.03. The van der Waals surface area contributed by atoms with E-state index in [2.05, 4.69) is 37.9 Å². The molecule has 102 valence electrons. The summed E-state index contributed by atoms with van der Waals surface area (Å²) in [6.07, 6.45) is -0.0141. The van der Waals surface area contributed by atoms with Crippen LogP contribution in [0, 0.1) is 6.92 Å². The maximum absolute atomic E-state index is 10.4. The first kappa shape index (κ1) is 15.0. The van der Waals surface area contributed by atoms with Crippen molar-refractivity contribution in [2.75, 3.05) is 7.11 Å². The maximum atomic E-state index is 10.4. The van der Waals surface area contributed by atoms with Crippen LogP contribution in [0.1, 0.15) is 22.8 Å². The summed E-state index contributed by atoms with van der Waals surface area (Å²) < 4.78 is 7.30. The minimum atomic E-state index is -0.548. The Kier molecular flexibility index (Phi) is 5.06. The summed E-state index contributed by atoms with van der Waals surface area (Å²) in [7, 11) is 1.65. The first-order chi connectivity index (χ1) is 9.01. The van der Waals surface area contributed by atoms with E-state index in [1.807, 2.05) is 25.1 Å². The zero-order valence-corrected chi connectivity index (χ0v) is 14.6. The number of hydrogen-bond acceptors (Lipinski definition) is 3. The molecule has 0 aliphatic carbocycles. The van der Waals surface area contributed by atoms with Crippen LogP contribution in [0.15, 0.2) is 31.8 Å². The third-order valence-corrected chi connectivity index (χ3v) is 5.28.